The second kappa shape index (κ2) is 6.00. The lowest BCUT2D eigenvalue weighted by molar-refractivity contribution is -0.385. The number of hydrogen-bond donors (Lipinski definition) is 1. The van der Waals surface area contributed by atoms with Crippen LogP contribution in [0.1, 0.15) is 18.9 Å². The first-order valence-corrected chi connectivity index (χ1v) is 5.74. The summed E-state index contributed by atoms with van der Waals surface area (Å²) >= 11 is 0. The average Bonchev–Trinajstić information content (AvgIpc) is 2.29. The number of carbonyl (C=O) groups is 1. The zero-order valence-electron chi connectivity index (χ0n) is 10.5. The van der Waals surface area contributed by atoms with E-state index in [4.69, 9.17) is 5.73 Å². The van der Waals surface area contributed by atoms with E-state index in [1.54, 1.807) is 19.1 Å². The standard InChI is InChI=1S/C12H17N3O3/c1-3-14(7-6-12(13)16)10-4-5-11(15(17)18)9(2)8-10/h4-5,8H,3,6-7H2,1-2H3,(H2,13,16). The van der Waals surface area contributed by atoms with Gasteiger partial charge in [-0.3, -0.25) is 14.9 Å². The number of rotatable bonds is 6. The fourth-order valence-corrected chi connectivity index (χ4v) is 1.76. The van der Waals surface area contributed by atoms with Crippen molar-refractivity contribution in [1.29, 1.82) is 0 Å². The molecule has 0 heterocycles. The Bertz CT molecular complexity index is 460. The van der Waals surface area contributed by atoms with Gasteiger partial charge in [0.2, 0.25) is 5.91 Å². The lowest BCUT2D eigenvalue weighted by Crippen LogP contribution is -2.27. The van der Waals surface area contributed by atoms with Crippen LogP contribution in [0.4, 0.5) is 11.4 Å². The Morgan fingerprint density at radius 1 is 1.50 bits per heavy atom. The summed E-state index contributed by atoms with van der Waals surface area (Å²) in [4.78, 5) is 23.0. The molecule has 0 bridgehead atoms. The van der Waals surface area contributed by atoms with Gasteiger partial charge in [-0.05, 0) is 26.0 Å². The van der Waals surface area contributed by atoms with E-state index < -0.39 is 4.92 Å². The van der Waals surface area contributed by atoms with Crippen molar-refractivity contribution in [3.8, 4) is 0 Å². The number of nitro benzene ring substituents is 1. The number of benzene rings is 1. The van der Waals surface area contributed by atoms with Gasteiger partial charge in [0.15, 0.2) is 0 Å². The number of anilines is 1. The first-order chi connectivity index (χ1) is 8.45. The number of carbonyl (C=O) groups excluding carboxylic acids is 1. The van der Waals surface area contributed by atoms with Crippen LogP contribution in [0.3, 0.4) is 0 Å². The molecule has 2 N–H and O–H groups in total. The highest BCUT2D eigenvalue weighted by molar-refractivity contribution is 5.74. The second-order valence-corrected chi connectivity index (χ2v) is 4.02. The molecule has 0 atom stereocenters. The normalized spacial score (nSPS) is 10.1. The number of primary amides is 1. The molecule has 18 heavy (non-hydrogen) atoms. The number of aryl methyl sites for hydroxylation is 1. The third kappa shape index (κ3) is 3.44. The van der Waals surface area contributed by atoms with Gasteiger partial charge in [0, 0.05) is 36.8 Å². The number of hydrogen-bond acceptors (Lipinski definition) is 4. The van der Waals surface area contributed by atoms with Crippen molar-refractivity contribution in [3.05, 3.63) is 33.9 Å². The van der Waals surface area contributed by atoms with Crippen LogP contribution in [0.15, 0.2) is 18.2 Å². The van der Waals surface area contributed by atoms with Gasteiger partial charge in [-0.15, -0.1) is 0 Å². The van der Waals surface area contributed by atoms with Gasteiger partial charge in [-0.1, -0.05) is 0 Å². The summed E-state index contributed by atoms with van der Waals surface area (Å²) in [6, 6.07) is 4.93. The van der Waals surface area contributed by atoms with E-state index in [0.29, 0.717) is 18.7 Å². The summed E-state index contributed by atoms with van der Waals surface area (Å²) in [5, 5.41) is 10.7. The largest absolute Gasteiger partial charge is 0.371 e. The SMILES string of the molecule is CCN(CCC(N)=O)c1ccc([N+](=O)[O-])c(C)c1. The quantitative estimate of drug-likeness (QED) is 0.614. The Hall–Kier alpha value is -2.11. The summed E-state index contributed by atoms with van der Waals surface area (Å²) in [6.07, 6.45) is 0.268. The van der Waals surface area contributed by atoms with Gasteiger partial charge < -0.3 is 10.6 Å². The molecule has 0 spiro atoms. The van der Waals surface area contributed by atoms with Crippen molar-refractivity contribution in [2.24, 2.45) is 5.73 Å². The van der Waals surface area contributed by atoms with E-state index in [0.717, 1.165) is 5.69 Å². The molecule has 0 aliphatic heterocycles. The van der Waals surface area contributed by atoms with Gasteiger partial charge in [0.05, 0.1) is 4.92 Å². The van der Waals surface area contributed by atoms with Crippen molar-refractivity contribution in [1.82, 2.24) is 0 Å². The van der Waals surface area contributed by atoms with Gasteiger partial charge in [-0.2, -0.15) is 0 Å². The second-order valence-electron chi connectivity index (χ2n) is 4.02. The molecule has 1 rings (SSSR count). The molecule has 1 aromatic rings. The summed E-state index contributed by atoms with van der Waals surface area (Å²) in [5.74, 6) is -0.355. The van der Waals surface area contributed by atoms with Crippen molar-refractivity contribution in [2.45, 2.75) is 20.3 Å². The fourth-order valence-electron chi connectivity index (χ4n) is 1.76. The van der Waals surface area contributed by atoms with Crippen LogP contribution in [-0.2, 0) is 4.79 Å². The zero-order chi connectivity index (χ0) is 13.7. The highest BCUT2D eigenvalue weighted by Gasteiger charge is 2.13. The van der Waals surface area contributed by atoms with Crippen LogP contribution in [-0.4, -0.2) is 23.9 Å². The molecule has 0 aliphatic rings. The Morgan fingerprint density at radius 2 is 2.17 bits per heavy atom. The molecule has 0 aliphatic carbocycles. The van der Waals surface area contributed by atoms with Crippen LogP contribution < -0.4 is 10.6 Å². The van der Waals surface area contributed by atoms with Crippen molar-refractivity contribution < 1.29 is 9.72 Å². The molecule has 0 radical (unpaired) electrons. The van der Waals surface area contributed by atoms with E-state index >= 15 is 0 Å². The molecular weight excluding hydrogens is 234 g/mol. The monoisotopic (exact) mass is 251 g/mol. The first-order valence-electron chi connectivity index (χ1n) is 5.74. The van der Waals surface area contributed by atoms with Crippen LogP contribution in [0.2, 0.25) is 0 Å². The number of nitrogens with two attached hydrogens (primary N) is 1. The smallest absolute Gasteiger partial charge is 0.272 e. The minimum Gasteiger partial charge on any atom is -0.371 e. The minimum atomic E-state index is -0.404. The summed E-state index contributed by atoms with van der Waals surface area (Å²) in [6.45, 7) is 4.88. The van der Waals surface area contributed by atoms with E-state index in [9.17, 15) is 14.9 Å². The van der Waals surface area contributed by atoms with E-state index in [1.165, 1.54) is 6.07 Å². The Labute approximate surface area is 106 Å². The molecule has 98 valence electrons. The van der Waals surface area contributed by atoms with Crippen LogP contribution >= 0.6 is 0 Å². The fraction of sp³-hybridized carbons (Fsp3) is 0.417. The molecule has 0 fully saturated rings. The van der Waals surface area contributed by atoms with Gasteiger partial charge in [0.1, 0.15) is 0 Å². The molecule has 1 amide bonds. The predicted molar refractivity (Wildman–Crippen MR) is 69.5 cm³/mol. The maximum absolute atomic E-state index is 10.8. The third-order valence-electron chi connectivity index (χ3n) is 2.75. The lowest BCUT2D eigenvalue weighted by atomic mass is 10.1. The highest BCUT2D eigenvalue weighted by atomic mass is 16.6. The maximum Gasteiger partial charge on any atom is 0.272 e. The molecule has 0 saturated carbocycles. The topological polar surface area (TPSA) is 89.5 Å². The van der Waals surface area contributed by atoms with E-state index in [-0.39, 0.29) is 18.0 Å². The zero-order valence-corrected chi connectivity index (χ0v) is 10.5. The molecule has 6 heteroatoms. The highest BCUT2D eigenvalue weighted by Crippen LogP contribution is 2.24. The molecule has 6 nitrogen and oxygen atoms in total. The Kier molecular flexibility index (Phi) is 4.65. The summed E-state index contributed by atoms with van der Waals surface area (Å²) in [7, 11) is 0. The van der Waals surface area contributed by atoms with E-state index in [1.807, 2.05) is 11.8 Å². The maximum atomic E-state index is 10.8. The summed E-state index contributed by atoms with van der Waals surface area (Å²) < 4.78 is 0. The van der Waals surface area contributed by atoms with Crippen molar-refractivity contribution in [3.63, 3.8) is 0 Å². The van der Waals surface area contributed by atoms with Crippen molar-refractivity contribution in [2.75, 3.05) is 18.0 Å². The first kappa shape index (κ1) is 14.0. The van der Waals surface area contributed by atoms with Crippen LogP contribution in [0.5, 0.6) is 0 Å². The average molecular weight is 251 g/mol. The van der Waals surface area contributed by atoms with Gasteiger partial charge in [-0.25, -0.2) is 0 Å². The summed E-state index contributed by atoms with van der Waals surface area (Å²) in [5.41, 5.74) is 6.68. The van der Waals surface area contributed by atoms with Gasteiger partial charge in [0.25, 0.3) is 5.69 Å². The number of amides is 1. The molecule has 0 saturated heterocycles. The predicted octanol–water partition coefficient (Wildman–Crippen LogP) is 1.60. The van der Waals surface area contributed by atoms with Crippen LogP contribution in [0, 0.1) is 17.0 Å². The van der Waals surface area contributed by atoms with Crippen molar-refractivity contribution >= 4 is 17.3 Å². The molecule has 1 aromatic carbocycles. The number of nitrogens with zero attached hydrogens (tertiary/aromatic N) is 2. The Morgan fingerprint density at radius 3 is 2.61 bits per heavy atom. The van der Waals surface area contributed by atoms with Gasteiger partial charge >= 0.3 is 0 Å². The van der Waals surface area contributed by atoms with E-state index in [2.05, 4.69) is 0 Å². The number of nitro groups is 1. The van der Waals surface area contributed by atoms with Crippen LogP contribution in [0.25, 0.3) is 0 Å². The molecule has 0 unspecified atom stereocenters. The molecule has 0 aromatic heterocycles. The minimum absolute atomic E-state index is 0.102. The lowest BCUT2D eigenvalue weighted by Gasteiger charge is -2.22. The third-order valence-corrected chi connectivity index (χ3v) is 2.75. The Balaban J connectivity index is 2.90. The molecular formula is C12H17N3O3.